The molecule has 120 valence electrons. The molecule has 1 unspecified atom stereocenters. The van der Waals surface area contributed by atoms with E-state index in [1.54, 1.807) is 0 Å². The monoisotopic (exact) mass is 312 g/mol. The lowest BCUT2D eigenvalue weighted by atomic mass is 9.78. The fourth-order valence-corrected chi connectivity index (χ4v) is 3.98. The predicted octanol–water partition coefficient (Wildman–Crippen LogP) is 2.50. The number of nitrogens with two attached hydrogens (primary N) is 1. The maximum atomic E-state index is 13.0. The van der Waals surface area contributed by atoms with E-state index in [2.05, 4.69) is 0 Å². The number of hydrogen-bond donors (Lipinski definition) is 1. The summed E-state index contributed by atoms with van der Waals surface area (Å²) in [6.07, 6.45) is 8.30. The van der Waals surface area contributed by atoms with Crippen LogP contribution in [0.1, 0.15) is 51.4 Å². The van der Waals surface area contributed by atoms with Gasteiger partial charge < -0.3 is 15.4 Å². The smallest absolute Gasteiger partial charge is 0.235 e. The van der Waals surface area contributed by atoms with Gasteiger partial charge in [0.1, 0.15) is 0 Å². The van der Waals surface area contributed by atoms with Gasteiger partial charge >= 0.3 is 0 Å². The highest BCUT2D eigenvalue weighted by Crippen LogP contribution is 2.37. The Balaban J connectivity index is 2.04. The molecule has 2 aliphatic rings. The van der Waals surface area contributed by atoms with Crippen molar-refractivity contribution in [2.75, 3.05) is 26.8 Å². The number of hydrogen-bond acceptors (Lipinski definition) is 3. The zero-order chi connectivity index (χ0) is 15.3. The Labute approximate surface area is 133 Å². The van der Waals surface area contributed by atoms with Gasteiger partial charge in [-0.15, -0.1) is 0 Å². The average Bonchev–Trinajstić information content (AvgIpc) is 2.74. The summed E-state index contributed by atoms with van der Waals surface area (Å²) in [5.74, 6) is 0.573. The summed E-state index contributed by atoms with van der Waals surface area (Å²) >= 11 is 5.29. The van der Waals surface area contributed by atoms with Crippen LogP contribution < -0.4 is 5.73 Å². The van der Waals surface area contributed by atoms with Crippen LogP contribution in [-0.4, -0.2) is 42.6 Å². The molecular weight excluding hydrogens is 284 g/mol. The van der Waals surface area contributed by atoms with Crippen molar-refractivity contribution in [2.45, 2.75) is 51.4 Å². The van der Waals surface area contributed by atoms with Crippen molar-refractivity contribution < 1.29 is 9.53 Å². The summed E-state index contributed by atoms with van der Waals surface area (Å²) in [6, 6.07) is 0. The summed E-state index contributed by atoms with van der Waals surface area (Å²) in [7, 11) is 1.89. The van der Waals surface area contributed by atoms with E-state index in [0.717, 1.165) is 58.3 Å². The second kappa shape index (κ2) is 7.54. The van der Waals surface area contributed by atoms with Crippen LogP contribution in [0.15, 0.2) is 0 Å². The van der Waals surface area contributed by atoms with Gasteiger partial charge in [-0.1, -0.05) is 37.9 Å². The lowest BCUT2D eigenvalue weighted by molar-refractivity contribution is -0.138. The number of rotatable bonds is 4. The first kappa shape index (κ1) is 16.7. The van der Waals surface area contributed by atoms with Gasteiger partial charge in [0.25, 0.3) is 0 Å². The molecule has 0 radical (unpaired) electrons. The first-order valence-corrected chi connectivity index (χ1v) is 8.60. The van der Waals surface area contributed by atoms with Crippen LogP contribution in [0.5, 0.6) is 0 Å². The zero-order valence-corrected chi connectivity index (χ0v) is 13.9. The molecule has 1 saturated heterocycles. The third-order valence-corrected chi connectivity index (χ3v) is 5.36. The Morgan fingerprint density at radius 3 is 2.48 bits per heavy atom. The summed E-state index contributed by atoms with van der Waals surface area (Å²) in [5.41, 5.74) is 5.40. The minimum atomic E-state index is -0.601. The maximum absolute atomic E-state index is 13.0. The lowest BCUT2D eigenvalue weighted by Crippen LogP contribution is -2.50. The van der Waals surface area contributed by atoms with Crippen LogP contribution in [0.4, 0.5) is 0 Å². The van der Waals surface area contributed by atoms with Crippen molar-refractivity contribution in [3.63, 3.8) is 0 Å². The molecule has 1 amide bonds. The Morgan fingerprint density at radius 1 is 1.29 bits per heavy atom. The first-order valence-electron chi connectivity index (χ1n) is 8.19. The van der Waals surface area contributed by atoms with Gasteiger partial charge in [0, 0.05) is 20.2 Å². The quantitative estimate of drug-likeness (QED) is 0.640. The van der Waals surface area contributed by atoms with Gasteiger partial charge in [-0.05, 0) is 31.6 Å². The third kappa shape index (κ3) is 3.95. The van der Waals surface area contributed by atoms with E-state index in [1.165, 1.54) is 12.8 Å². The molecule has 21 heavy (non-hydrogen) atoms. The van der Waals surface area contributed by atoms with E-state index in [9.17, 15) is 4.79 Å². The van der Waals surface area contributed by atoms with Gasteiger partial charge in [0.05, 0.1) is 17.0 Å². The molecule has 2 fully saturated rings. The van der Waals surface area contributed by atoms with Crippen molar-refractivity contribution in [1.29, 1.82) is 0 Å². The fraction of sp³-hybridized carbons (Fsp3) is 0.875. The van der Waals surface area contributed by atoms with Crippen LogP contribution in [0, 0.1) is 11.3 Å². The van der Waals surface area contributed by atoms with Crippen LogP contribution in [0.3, 0.4) is 0 Å². The molecule has 1 atom stereocenters. The summed E-state index contributed by atoms with van der Waals surface area (Å²) in [6.45, 7) is 2.37. The molecule has 0 spiro atoms. The number of ether oxygens (including phenoxy) is 1. The van der Waals surface area contributed by atoms with E-state index < -0.39 is 5.41 Å². The molecule has 1 aliphatic carbocycles. The minimum Gasteiger partial charge on any atom is -0.392 e. The van der Waals surface area contributed by atoms with Crippen molar-refractivity contribution in [2.24, 2.45) is 17.1 Å². The molecule has 0 aromatic carbocycles. The lowest BCUT2D eigenvalue weighted by Gasteiger charge is -2.36. The number of thiocarbonyl (C=S) groups is 1. The first-order chi connectivity index (χ1) is 10.1. The van der Waals surface area contributed by atoms with Crippen molar-refractivity contribution in [1.82, 2.24) is 4.90 Å². The van der Waals surface area contributed by atoms with Crippen LogP contribution in [0.25, 0.3) is 0 Å². The Bertz CT molecular complexity index is 372. The van der Waals surface area contributed by atoms with E-state index in [-0.39, 0.29) is 5.91 Å². The Kier molecular flexibility index (Phi) is 5.99. The largest absolute Gasteiger partial charge is 0.392 e. The molecule has 1 heterocycles. The standard InChI is InChI=1S/C16H28N2O2S/c1-18(11-13-7-6-10-20-12-13)15(19)16(14(17)21)8-4-2-3-5-9-16/h13H,2-12H2,1H3,(H2,17,21). The van der Waals surface area contributed by atoms with Gasteiger partial charge in [-0.25, -0.2) is 0 Å². The van der Waals surface area contributed by atoms with E-state index in [0.29, 0.717) is 10.9 Å². The molecule has 2 N–H and O–H groups in total. The fourth-order valence-electron chi connectivity index (χ4n) is 3.68. The minimum absolute atomic E-state index is 0.127. The average molecular weight is 312 g/mol. The molecular formula is C16H28N2O2S. The van der Waals surface area contributed by atoms with E-state index in [4.69, 9.17) is 22.7 Å². The Hall–Kier alpha value is -0.680. The maximum Gasteiger partial charge on any atom is 0.235 e. The summed E-state index contributed by atoms with van der Waals surface area (Å²) in [4.78, 5) is 15.2. The highest BCUT2D eigenvalue weighted by atomic mass is 32.1. The topological polar surface area (TPSA) is 55.6 Å². The summed E-state index contributed by atoms with van der Waals surface area (Å²) in [5, 5.41) is 0. The third-order valence-electron chi connectivity index (χ3n) is 4.97. The van der Waals surface area contributed by atoms with Crippen molar-refractivity contribution in [3.8, 4) is 0 Å². The number of nitrogens with zero attached hydrogens (tertiary/aromatic N) is 1. The second-order valence-electron chi connectivity index (χ2n) is 6.63. The second-order valence-corrected chi connectivity index (χ2v) is 7.07. The summed E-state index contributed by atoms with van der Waals surface area (Å²) < 4.78 is 5.51. The normalized spacial score (nSPS) is 25.9. The highest BCUT2D eigenvalue weighted by molar-refractivity contribution is 7.80. The highest BCUT2D eigenvalue weighted by Gasteiger charge is 2.43. The van der Waals surface area contributed by atoms with Gasteiger partial charge in [0.2, 0.25) is 5.91 Å². The SMILES string of the molecule is CN(CC1CCCOC1)C(=O)C1(C(N)=S)CCCCCC1. The van der Waals surface area contributed by atoms with Gasteiger partial charge in [-0.2, -0.15) is 0 Å². The van der Waals surface area contributed by atoms with Gasteiger partial charge in [-0.3, -0.25) is 4.79 Å². The molecule has 5 heteroatoms. The molecule has 2 rings (SSSR count). The van der Waals surface area contributed by atoms with Crippen LogP contribution in [-0.2, 0) is 9.53 Å². The molecule has 0 aromatic heterocycles. The van der Waals surface area contributed by atoms with Crippen LogP contribution in [0.2, 0.25) is 0 Å². The van der Waals surface area contributed by atoms with Crippen LogP contribution >= 0.6 is 12.2 Å². The van der Waals surface area contributed by atoms with E-state index in [1.807, 2.05) is 11.9 Å². The number of carbonyl (C=O) groups is 1. The zero-order valence-electron chi connectivity index (χ0n) is 13.1. The molecule has 0 aromatic rings. The predicted molar refractivity (Wildman–Crippen MR) is 88.1 cm³/mol. The van der Waals surface area contributed by atoms with Gasteiger partial charge in [0.15, 0.2) is 0 Å². The molecule has 0 bridgehead atoms. The Morgan fingerprint density at radius 2 is 1.95 bits per heavy atom. The van der Waals surface area contributed by atoms with E-state index >= 15 is 0 Å². The molecule has 1 saturated carbocycles. The van der Waals surface area contributed by atoms with Crippen molar-refractivity contribution >= 4 is 23.1 Å². The molecule has 4 nitrogen and oxygen atoms in total. The number of carbonyl (C=O) groups excluding carboxylic acids is 1. The molecule has 1 aliphatic heterocycles. The van der Waals surface area contributed by atoms with Crippen molar-refractivity contribution in [3.05, 3.63) is 0 Å². The number of amides is 1.